The summed E-state index contributed by atoms with van der Waals surface area (Å²) in [7, 11) is 0. The molecule has 154 valence electrons. The van der Waals surface area contributed by atoms with Crippen molar-refractivity contribution in [2.75, 3.05) is 5.32 Å². The molecule has 2 aromatic heterocycles. The maximum Gasteiger partial charge on any atom is 0.416 e. The molecule has 0 aliphatic carbocycles. The highest BCUT2D eigenvalue weighted by molar-refractivity contribution is 5.78. The normalized spacial score (nSPS) is 11.7. The van der Waals surface area contributed by atoms with Crippen LogP contribution in [0.3, 0.4) is 0 Å². The Balaban J connectivity index is 1.72. The summed E-state index contributed by atoms with van der Waals surface area (Å²) >= 11 is 0. The molecule has 4 aromatic rings. The summed E-state index contributed by atoms with van der Waals surface area (Å²) in [5.74, 6) is 0.952. The Hall–Kier alpha value is -3.62. The van der Waals surface area contributed by atoms with Crippen LogP contribution in [0.2, 0.25) is 0 Å². The summed E-state index contributed by atoms with van der Waals surface area (Å²) in [5, 5.41) is 2.81. The van der Waals surface area contributed by atoms with Crippen LogP contribution in [-0.4, -0.2) is 19.9 Å². The van der Waals surface area contributed by atoms with Crippen molar-refractivity contribution >= 4 is 22.8 Å². The van der Waals surface area contributed by atoms with Crippen LogP contribution in [-0.2, 0) is 6.18 Å². The number of rotatable bonds is 4. The third-order valence-electron chi connectivity index (χ3n) is 4.50. The molecule has 2 heterocycles. The van der Waals surface area contributed by atoms with E-state index in [9.17, 15) is 13.2 Å². The van der Waals surface area contributed by atoms with E-state index in [1.54, 1.807) is 0 Å². The number of aromatic nitrogens is 4. The molecule has 0 unspecified atom stereocenters. The van der Waals surface area contributed by atoms with Crippen molar-refractivity contribution < 1.29 is 17.9 Å². The van der Waals surface area contributed by atoms with Gasteiger partial charge < -0.3 is 15.0 Å². The van der Waals surface area contributed by atoms with Crippen molar-refractivity contribution in [3.05, 3.63) is 65.0 Å². The number of imidazole rings is 1. The lowest BCUT2D eigenvalue weighted by molar-refractivity contribution is -0.137. The smallest absolute Gasteiger partial charge is 0.416 e. The zero-order chi connectivity index (χ0) is 21.5. The lowest BCUT2D eigenvalue weighted by Gasteiger charge is -2.14. The second kappa shape index (κ2) is 7.33. The minimum atomic E-state index is -4.44. The van der Waals surface area contributed by atoms with Crippen LogP contribution < -0.4 is 10.1 Å². The molecule has 0 saturated carbocycles. The lowest BCUT2D eigenvalue weighted by Crippen LogP contribution is -2.06. The maximum atomic E-state index is 13.0. The zero-order valence-corrected chi connectivity index (χ0v) is 16.4. The molecule has 0 radical (unpaired) electrons. The van der Waals surface area contributed by atoms with Gasteiger partial charge in [-0.3, -0.25) is 0 Å². The Labute approximate surface area is 170 Å². The fourth-order valence-electron chi connectivity index (χ4n) is 3.26. The van der Waals surface area contributed by atoms with Crippen LogP contribution in [0.4, 0.5) is 24.8 Å². The van der Waals surface area contributed by atoms with Crippen molar-refractivity contribution in [1.29, 1.82) is 0 Å². The minimum Gasteiger partial charge on any atom is -0.436 e. The molecule has 0 bridgehead atoms. The lowest BCUT2D eigenvalue weighted by atomic mass is 10.1. The number of benzene rings is 2. The number of hydrogen-bond donors (Lipinski definition) is 2. The van der Waals surface area contributed by atoms with Crippen LogP contribution in [0.1, 0.15) is 22.3 Å². The van der Waals surface area contributed by atoms with E-state index in [0.717, 1.165) is 28.8 Å². The molecule has 0 saturated heterocycles. The summed E-state index contributed by atoms with van der Waals surface area (Å²) in [6, 6.07) is 8.80. The number of aryl methyl sites for hydroxylation is 3. The second-order valence-corrected chi connectivity index (χ2v) is 6.99. The van der Waals surface area contributed by atoms with Crippen LogP contribution in [0, 0.1) is 20.8 Å². The number of halogens is 3. The van der Waals surface area contributed by atoms with Gasteiger partial charge in [-0.25, -0.2) is 4.98 Å². The first-order valence-electron chi connectivity index (χ1n) is 9.12. The monoisotopic (exact) mass is 413 g/mol. The summed E-state index contributed by atoms with van der Waals surface area (Å²) in [4.78, 5) is 15.7. The first-order chi connectivity index (χ1) is 14.2. The molecule has 0 aliphatic rings. The van der Waals surface area contributed by atoms with Gasteiger partial charge in [0.1, 0.15) is 11.3 Å². The average molecular weight is 413 g/mol. The largest absolute Gasteiger partial charge is 0.436 e. The van der Waals surface area contributed by atoms with Crippen LogP contribution in [0.25, 0.3) is 11.2 Å². The Morgan fingerprint density at radius 3 is 2.43 bits per heavy atom. The molecule has 0 fully saturated rings. The first-order valence-corrected chi connectivity index (χ1v) is 9.12. The van der Waals surface area contributed by atoms with Gasteiger partial charge in [0.15, 0.2) is 5.65 Å². The molecule has 2 N–H and O–H groups in total. The molecule has 30 heavy (non-hydrogen) atoms. The molecule has 2 aromatic carbocycles. The van der Waals surface area contributed by atoms with E-state index in [1.165, 1.54) is 18.5 Å². The number of hydrogen-bond acceptors (Lipinski definition) is 5. The van der Waals surface area contributed by atoms with Gasteiger partial charge in [-0.2, -0.15) is 23.1 Å². The number of ether oxygens (including phenoxy) is 1. The quantitative estimate of drug-likeness (QED) is 0.440. The van der Waals surface area contributed by atoms with Gasteiger partial charge in [0.25, 0.3) is 5.88 Å². The van der Waals surface area contributed by atoms with E-state index in [-0.39, 0.29) is 17.5 Å². The van der Waals surface area contributed by atoms with E-state index in [1.807, 2.05) is 32.9 Å². The van der Waals surface area contributed by atoms with Crippen molar-refractivity contribution in [2.45, 2.75) is 26.9 Å². The third-order valence-corrected chi connectivity index (χ3v) is 4.50. The standard InChI is InChI=1S/C21H18F3N5O/c1-11-7-12(2)17(13(3)8-11)30-19-16-18(26-10-25-16)28-20(29-19)27-15-6-4-5-14(9-15)21(22,23)24/h4-10H,1-3H3,(H2,25,26,27,28,29). The molecule has 4 rings (SSSR count). The number of nitrogens with one attached hydrogen (secondary N) is 2. The fraction of sp³-hybridized carbons (Fsp3) is 0.190. The van der Waals surface area contributed by atoms with Crippen molar-refractivity contribution in [1.82, 2.24) is 19.9 Å². The number of fused-ring (bicyclic) bond motifs is 1. The van der Waals surface area contributed by atoms with E-state index in [2.05, 4.69) is 25.3 Å². The Morgan fingerprint density at radius 2 is 1.73 bits per heavy atom. The topological polar surface area (TPSA) is 75.7 Å². The molecule has 6 nitrogen and oxygen atoms in total. The summed E-state index contributed by atoms with van der Waals surface area (Å²) < 4.78 is 45.1. The minimum absolute atomic E-state index is 0.0753. The highest BCUT2D eigenvalue weighted by Gasteiger charge is 2.30. The van der Waals surface area contributed by atoms with Crippen molar-refractivity contribution in [2.24, 2.45) is 0 Å². The summed E-state index contributed by atoms with van der Waals surface area (Å²) in [6.07, 6.45) is -2.99. The predicted molar refractivity (Wildman–Crippen MR) is 107 cm³/mol. The average Bonchev–Trinajstić information content (AvgIpc) is 3.13. The third kappa shape index (κ3) is 3.91. The van der Waals surface area contributed by atoms with Gasteiger partial charge in [-0.15, -0.1) is 0 Å². The Morgan fingerprint density at radius 1 is 1.00 bits per heavy atom. The molecule has 0 atom stereocenters. The number of nitrogens with zero attached hydrogens (tertiary/aromatic N) is 3. The Kier molecular flexibility index (Phi) is 4.81. The highest BCUT2D eigenvalue weighted by Crippen LogP contribution is 2.34. The zero-order valence-electron chi connectivity index (χ0n) is 16.4. The van der Waals surface area contributed by atoms with Gasteiger partial charge in [-0.1, -0.05) is 23.8 Å². The van der Waals surface area contributed by atoms with Gasteiger partial charge in [0.2, 0.25) is 5.95 Å². The molecule has 0 spiro atoms. The number of alkyl halides is 3. The van der Waals surface area contributed by atoms with Gasteiger partial charge >= 0.3 is 6.18 Å². The highest BCUT2D eigenvalue weighted by atomic mass is 19.4. The van der Waals surface area contributed by atoms with Gasteiger partial charge in [0, 0.05) is 5.69 Å². The van der Waals surface area contributed by atoms with E-state index in [4.69, 9.17) is 4.74 Å². The molecular weight excluding hydrogens is 395 g/mol. The second-order valence-electron chi connectivity index (χ2n) is 6.99. The molecular formula is C21H18F3N5O. The SMILES string of the molecule is Cc1cc(C)c(Oc2nc(Nc3cccc(C(F)(F)F)c3)nc3nc[nH]c23)c(C)c1. The van der Waals surface area contributed by atoms with E-state index >= 15 is 0 Å². The number of anilines is 2. The predicted octanol–water partition coefficient (Wildman–Crippen LogP) is 5.83. The summed E-state index contributed by atoms with van der Waals surface area (Å²) in [5.41, 5.74) is 3.24. The maximum absolute atomic E-state index is 13.0. The number of aromatic amines is 1. The van der Waals surface area contributed by atoms with Crippen LogP contribution in [0.5, 0.6) is 11.6 Å². The van der Waals surface area contributed by atoms with Crippen molar-refractivity contribution in [3.8, 4) is 11.6 Å². The summed E-state index contributed by atoms with van der Waals surface area (Å²) in [6.45, 7) is 5.86. The van der Waals surface area contributed by atoms with Crippen LogP contribution in [0.15, 0.2) is 42.7 Å². The molecule has 0 aliphatic heterocycles. The fourth-order valence-corrected chi connectivity index (χ4v) is 3.26. The van der Waals surface area contributed by atoms with Gasteiger partial charge in [0.05, 0.1) is 11.9 Å². The number of H-pyrrole nitrogens is 1. The molecule has 9 heteroatoms. The van der Waals surface area contributed by atoms with E-state index < -0.39 is 11.7 Å². The first kappa shape index (κ1) is 19.7. The Bertz CT molecular complexity index is 1210. The van der Waals surface area contributed by atoms with Crippen LogP contribution >= 0.6 is 0 Å². The van der Waals surface area contributed by atoms with E-state index in [0.29, 0.717) is 16.9 Å². The van der Waals surface area contributed by atoms with Crippen molar-refractivity contribution in [3.63, 3.8) is 0 Å². The van der Waals surface area contributed by atoms with Gasteiger partial charge in [-0.05, 0) is 50.1 Å². The molecule has 0 amide bonds.